The van der Waals surface area contributed by atoms with Crippen molar-refractivity contribution >= 4 is 37.5 Å². The average molecular weight is 320 g/mol. The van der Waals surface area contributed by atoms with Gasteiger partial charge in [0.05, 0.1) is 17.3 Å². The Morgan fingerprint density at radius 1 is 1.11 bits per heavy atom. The average Bonchev–Trinajstić information content (AvgIpc) is 2.82. The number of hydrogen-bond acceptors (Lipinski definition) is 3. The smallest absolute Gasteiger partial charge is 0.124 e. The van der Waals surface area contributed by atoms with Crippen molar-refractivity contribution in [3.63, 3.8) is 0 Å². The second kappa shape index (κ2) is 4.71. The fraction of sp³-hybridized carbons (Fsp3) is 0.0714. The Balaban J connectivity index is 2.10. The molecule has 0 atom stereocenters. The molecule has 4 heteroatoms. The number of rotatable bonds is 2. The molecule has 0 aliphatic carbocycles. The Kier molecular flexibility index (Phi) is 3.06. The van der Waals surface area contributed by atoms with E-state index in [0.717, 1.165) is 31.0 Å². The van der Waals surface area contributed by atoms with Gasteiger partial charge in [0.15, 0.2) is 0 Å². The molecule has 2 nitrogen and oxygen atoms in total. The molecule has 3 aromatic rings. The van der Waals surface area contributed by atoms with Crippen LogP contribution >= 0.6 is 27.3 Å². The summed E-state index contributed by atoms with van der Waals surface area (Å²) in [6, 6.07) is 14.2. The highest BCUT2D eigenvalue weighted by Gasteiger charge is 2.06. The molecule has 0 fully saturated rings. The van der Waals surface area contributed by atoms with E-state index >= 15 is 0 Å². The third kappa shape index (κ3) is 2.13. The van der Waals surface area contributed by atoms with Gasteiger partial charge in [0.2, 0.25) is 0 Å². The largest absolute Gasteiger partial charge is 0.497 e. The van der Waals surface area contributed by atoms with Crippen LogP contribution in [0.25, 0.3) is 20.8 Å². The number of nitrogens with zero attached hydrogens (tertiary/aromatic N) is 1. The zero-order valence-corrected chi connectivity index (χ0v) is 12.1. The molecular formula is C14H10BrNOS. The highest BCUT2D eigenvalue weighted by Crippen LogP contribution is 2.32. The summed E-state index contributed by atoms with van der Waals surface area (Å²) in [6.07, 6.45) is 0. The van der Waals surface area contributed by atoms with Crippen LogP contribution in [-0.4, -0.2) is 12.1 Å². The fourth-order valence-corrected chi connectivity index (χ4v) is 3.01. The van der Waals surface area contributed by atoms with Crippen LogP contribution in [0.4, 0.5) is 0 Å². The number of halogens is 1. The number of hydrogen-bond donors (Lipinski definition) is 0. The molecule has 1 heterocycles. The molecule has 0 aliphatic heterocycles. The first-order valence-corrected chi connectivity index (χ1v) is 7.08. The summed E-state index contributed by atoms with van der Waals surface area (Å²) in [5, 5.41) is 1.03. The van der Waals surface area contributed by atoms with E-state index in [1.165, 1.54) is 0 Å². The minimum atomic E-state index is 0.869. The van der Waals surface area contributed by atoms with Gasteiger partial charge in [-0.2, -0.15) is 0 Å². The van der Waals surface area contributed by atoms with E-state index < -0.39 is 0 Å². The molecule has 0 N–H and O–H groups in total. The van der Waals surface area contributed by atoms with Crippen LogP contribution in [0, 0.1) is 0 Å². The molecule has 18 heavy (non-hydrogen) atoms. The maximum absolute atomic E-state index is 5.23. The summed E-state index contributed by atoms with van der Waals surface area (Å²) in [7, 11) is 1.68. The van der Waals surface area contributed by atoms with E-state index in [1.807, 2.05) is 30.3 Å². The van der Waals surface area contributed by atoms with Gasteiger partial charge in [-0.1, -0.05) is 28.1 Å². The number of thiazole rings is 1. The van der Waals surface area contributed by atoms with E-state index in [0.29, 0.717) is 0 Å². The first-order chi connectivity index (χ1) is 8.76. The third-order valence-corrected chi connectivity index (χ3v) is 4.28. The van der Waals surface area contributed by atoms with Crippen LogP contribution in [-0.2, 0) is 0 Å². The first kappa shape index (κ1) is 11.7. The van der Waals surface area contributed by atoms with Gasteiger partial charge >= 0.3 is 0 Å². The predicted octanol–water partition coefficient (Wildman–Crippen LogP) is 4.73. The number of fused-ring (bicyclic) bond motifs is 1. The summed E-state index contributed by atoms with van der Waals surface area (Å²) in [6.45, 7) is 0. The molecule has 0 bridgehead atoms. The normalized spacial score (nSPS) is 10.8. The quantitative estimate of drug-likeness (QED) is 0.681. The van der Waals surface area contributed by atoms with Crippen LogP contribution in [0.15, 0.2) is 46.9 Å². The highest BCUT2D eigenvalue weighted by molar-refractivity contribution is 9.10. The van der Waals surface area contributed by atoms with E-state index in [9.17, 15) is 0 Å². The molecule has 0 saturated heterocycles. The summed E-state index contributed by atoms with van der Waals surface area (Å²) < 4.78 is 7.45. The maximum Gasteiger partial charge on any atom is 0.124 e. The van der Waals surface area contributed by atoms with Gasteiger partial charge < -0.3 is 4.74 Å². The summed E-state index contributed by atoms with van der Waals surface area (Å²) in [5.41, 5.74) is 2.15. The van der Waals surface area contributed by atoms with Crippen molar-refractivity contribution in [3.8, 4) is 16.3 Å². The lowest BCUT2D eigenvalue weighted by Crippen LogP contribution is -1.80. The van der Waals surface area contributed by atoms with E-state index in [1.54, 1.807) is 18.4 Å². The van der Waals surface area contributed by atoms with Gasteiger partial charge in [0.1, 0.15) is 10.8 Å². The van der Waals surface area contributed by atoms with Crippen LogP contribution in [0.2, 0.25) is 0 Å². The lowest BCUT2D eigenvalue weighted by Gasteiger charge is -1.96. The second-order valence-corrected chi connectivity index (χ2v) is 5.81. The van der Waals surface area contributed by atoms with E-state index in [-0.39, 0.29) is 0 Å². The van der Waals surface area contributed by atoms with Crippen LogP contribution < -0.4 is 4.74 Å². The van der Waals surface area contributed by atoms with Gasteiger partial charge in [-0.25, -0.2) is 4.98 Å². The van der Waals surface area contributed by atoms with Crippen molar-refractivity contribution in [2.24, 2.45) is 0 Å². The Morgan fingerprint density at radius 3 is 2.61 bits per heavy atom. The monoisotopic (exact) mass is 319 g/mol. The maximum atomic E-state index is 5.23. The van der Waals surface area contributed by atoms with Crippen molar-refractivity contribution in [3.05, 3.63) is 46.9 Å². The minimum absolute atomic E-state index is 0.869. The molecule has 0 saturated carbocycles. The number of ether oxygens (including phenoxy) is 1. The van der Waals surface area contributed by atoms with Gasteiger partial charge in [-0.05, 0) is 30.3 Å². The molecule has 0 radical (unpaired) electrons. The molecule has 0 amide bonds. The number of benzene rings is 2. The first-order valence-electron chi connectivity index (χ1n) is 5.47. The third-order valence-electron chi connectivity index (χ3n) is 2.69. The van der Waals surface area contributed by atoms with E-state index in [2.05, 4.69) is 33.0 Å². The SMILES string of the molecule is COc1ccc2nc(-c3ccc(Br)cc3)sc2c1. The molecule has 3 rings (SSSR count). The van der Waals surface area contributed by atoms with Crippen LogP contribution in [0.3, 0.4) is 0 Å². The van der Waals surface area contributed by atoms with E-state index in [4.69, 9.17) is 4.74 Å². The van der Waals surface area contributed by atoms with Crippen LogP contribution in [0.5, 0.6) is 5.75 Å². The standard InChI is InChI=1S/C14H10BrNOS/c1-17-11-6-7-12-13(8-11)18-14(16-12)9-2-4-10(15)5-3-9/h2-8H,1H3. The van der Waals surface area contributed by atoms with Crippen molar-refractivity contribution in [2.45, 2.75) is 0 Å². The van der Waals surface area contributed by atoms with Gasteiger partial charge in [-0.15, -0.1) is 11.3 Å². The molecule has 0 aliphatic rings. The zero-order chi connectivity index (χ0) is 12.5. The Bertz CT molecular complexity index is 691. The lowest BCUT2D eigenvalue weighted by atomic mass is 10.2. The minimum Gasteiger partial charge on any atom is -0.497 e. The highest BCUT2D eigenvalue weighted by atomic mass is 79.9. The molecule has 90 valence electrons. The molecular weight excluding hydrogens is 310 g/mol. The number of methoxy groups -OCH3 is 1. The second-order valence-electron chi connectivity index (χ2n) is 3.86. The van der Waals surface area contributed by atoms with Crippen molar-refractivity contribution in [1.82, 2.24) is 4.98 Å². The lowest BCUT2D eigenvalue weighted by molar-refractivity contribution is 0.415. The molecule has 0 spiro atoms. The van der Waals surface area contributed by atoms with Crippen molar-refractivity contribution in [2.75, 3.05) is 7.11 Å². The topological polar surface area (TPSA) is 22.1 Å². The summed E-state index contributed by atoms with van der Waals surface area (Å²) >= 11 is 5.12. The van der Waals surface area contributed by atoms with Gasteiger partial charge in [0, 0.05) is 10.0 Å². The molecule has 0 unspecified atom stereocenters. The number of aromatic nitrogens is 1. The zero-order valence-electron chi connectivity index (χ0n) is 9.68. The fourth-order valence-electron chi connectivity index (χ4n) is 1.75. The van der Waals surface area contributed by atoms with Gasteiger partial charge in [0.25, 0.3) is 0 Å². The summed E-state index contributed by atoms with van der Waals surface area (Å²) in [5.74, 6) is 0.869. The van der Waals surface area contributed by atoms with Crippen molar-refractivity contribution < 1.29 is 4.74 Å². The molecule has 1 aromatic heterocycles. The van der Waals surface area contributed by atoms with Crippen LogP contribution in [0.1, 0.15) is 0 Å². The van der Waals surface area contributed by atoms with Crippen molar-refractivity contribution in [1.29, 1.82) is 0 Å². The Labute approximate surface area is 117 Å². The Hall–Kier alpha value is -1.39. The summed E-state index contributed by atoms with van der Waals surface area (Å²) in [4.78, 5) is 4.64. The predicted molar refractivity (Wildman–Crippen MR) is 79.3 cm³/mol. The van der Waals surface area contributed by atoms with Gasteiger partial charge in [-0.3, -0.25) is 0 Å². The molecule has 2 aromatic carbocycles. The Morgan fingerprint density at radius 2 is 1.89 bits per heavy atom.